The van der Waals surface area contributed by atoms with Crippen LogP contribution in [0.3, 0.4) is 0 Å². The van der Waals surface area contributed by atoms with Crippen LogP contribution in [-0.2, 0) is 4.79 Å². The van der Waals surface area contributed by atoms with Gasteiger partial charge in [-0.05, 0) is 31.6 Å². The quantitative estimate of drug-likeness (QED) is 0.637. The van der Waals surface area contributed by atoms with Gasteiger partial charge in [0.25, 0.3) is 0 Å². The van der Waals surface area contributed by atoms with Crippen LogP contribution >= 0.6 is 0 Å². The lowest BCUT2D eigenvalue weighted by Crippen LogP contribution is -2.29. The minimum absolute atomic E-state index is 0.0949. The number of rotatable bonds is 5. The molecule has 0 heterocycles. The van der Waals surface area contributed by atoms with Crippen molar-refractivity contribution in [2.24, 2.45) is 17.3 Å². The van der Waals surface area contributed by atoms with Crippen molar-refractivity contribution in [3.8, 4) is 0 Å². The average Bonchev–Trinajstić information content (AvgIpc) is 1.82. The Kier molecular flexibility index (Phi) is 4.66. The number of Topliss-reactive ketones (excluding diaryl/α,β-unsaturated/α-hetero) is 1. The summed E-state index contributed by atoms with van der Waals surface area (Å²) in [4.78, 5) is 11.5. The second-order valence-corrected chi connectivity index (χ2v) is 5.31. The van der Waals surface area contributed by atoms with E-state index in [0.29, 0.717) is 17.6 Å². The van der Waals surface area contributed by atoms with Gasteiger partial charge in [0.2, 0.25) is 0 Å². The van der Waals surface area contributed by atoms with Gasteiger partial charge < -0.3 is 0 Å². The molecule has 0 fully saturated rings. The fourth-order valence-electron chi connectivity index (χ4n) is 2.17. The van der Waals surface area contributed by atoms with Crippen LogP contribution in [0.1, 0.15) is 54.4 Å². The molecular formula is C12H24O. The second kappa shape index (κ2) is 4.78. The van der Waals surface area contributed by atoms with Gasteiger partial charge in [-0.15, -0.1) is 0 Å². The zero-order valence-electron chi connectivity index (χ0n) is 9.98. The molecule has 0 aromatic rings. The van der Waals surface area contributed by atoms with Gasteiger partial charge >= 0.3 is 0 Å². The van der Waals surface area contributed by atoms with Crippen LogP contribution in [0.15, 0.2) is 0 Å². The normalized spacial score (nSPS) is 12.6. The molecule has 0 aliphatic rings. The van der Waals surface area contributed by atoms with E-state index < -0.39 is 0 Å². The lowest BCUT2D eigenvalue weighted by molar-refractivity contribution is -0.127. The van der Waals surface area contributed by atoms with Crippen LogP contribution in [0.25, 0.3) is 0 Å². The maximum atomic E-state index is 11.5. The van der Waals surface area contributed by atoms with Crippen LogP contribution in [-0.4, -0.2) is 5.78 Å². The highest BCUT2D eigenvalue weighted by Gasteiger charge is 2.31. The summed E-state index contributed by atoms with van der Waals surface area (Å²) in [7, 11) is 0. The van der Waals surface area contributed by atoms with Gasteiger partial charge in [0.05, 0.1) is 0 Å². The van der Waals surface area contributed by atoms with Crippen molar-refractivity contribution in [2.75, 3.05) is 0 Å². The van der Waals surface area contributed by atoms with E-state index in [1.54, 1.807) is 6.92 Å². The first-order valence-corrected chi connectivity index (χ1v) is 5.29. The monoisotopic (exact) mass is 184 g/mol. The maximum Gasteiger partial charge on any atom is 0.135 e. The molecule has 0 unspecified atom stereocenters. The Morgan fingerprint density at radius 3 is 1.54 bits per heavy atom. The van der Waals surface area contributed by atoms with E-state index in [1.165, 1.54) is 0 Å². The molecule has 0 atom stereocenters. The largest absolute Gasteiger partial charge is 0.299 e. The molecule has 0 saturated carbocycles. The van der Waals surface area contributed by atoms with Gasteiger partial charge in [-0.2, -0.15) is 0 Å². The summed E-state index contributed by atoms with van der Waals surface area (Å²) in [5.41, 5.74) is -0.0949. The Morgan fingerprint density at radius 1 is 1.08 bits per heavy atom. The Bertz CT molecular complexity index is 158. The number of carbonyl (C=O) groups excluding carboxylic acids is 1. The van der Waals surface area contributed by atoms with Crippen molar-refractivity contribution in [1.82, 2.24) is 0 Å². The van der Waals surface area contributed by atoms with Gasteiger partial charge in [0, 0.05) is 5.41 Å². The summed E-state index contributed by atoms with van der Waals surface area (Å²) < 4.78 is 0. The fourth-order valence-corrected chi connectivity index (χ4v) is 2.17. The molecule has 0 saturated heterocycles. The predicted octanol–water partition coefficient (Wildman–Crippen LogP) is 3.67. The topological polar surface area (TPSA) is 17.1 Å². The fraction of sp³-hybridized carbons (Fsp3) is 0.917. The summed E-state index contributed by atoms with van der Waals surface area (Å²) in [5, 5.41) is 0. The third-order valence-corrected chi connectivity index (χ3v) is 2.57. The molecule has 0 aliphatic heterocycles. The average molecular weight is 184 g/mol. The second-order valence-electron chi connectivity index (χ2n) is 5.31. The van der Waals surface area contributed by atoms with Crippen molar-refractivity contribution in [3.63, 3.8) is 0 Å². The standard InChI is InChI=1S/C12H24O/c1-9(2)7-12(6,11(5)13)8-10(3)4/h9-10H,7-8H2,1-6H3. The van der Waals surface area contributed by atoms with E-state index in [4.69, 9.17) is 0 Å². The molecule has 1 heteroatoms. The van der Waals surface area contributed by atoms with E-state index in [-0.39, 0.29) is 5.41 Å². The first-order chi connectivity index (χ1) is 5.78. The lowest BCUT2D eigenvalue weighted by atomic mass is 9.73. The maximum absolute atomic E-state index is 11.5. The molecule has 0 aromatic carbocycles. The van der Waals surface area contributed by atoms with Gasteiger partial charge in [-0.3, -0.25) is 4.79 Å². The smallest absolute Gasteiger partial charge is 0.135 e. The van der Waals surface area contributed by atoms with E-state index >= 15 is 0 Å². The van der Waals surface area contributed by atoms with E-state index in [9.17, 15) is 4.79 Å². The van der Waals surface area contributed by atoms with Crippen molar-refractivity contribution in [1.29, 1.82) is 0 Å². The van der Waals surface area contributed by atoms with Gasteiger partial charge in [-0.1, -0.05) is 34.6 Å². The zero-order chi connectivity index (χ0) is 10.6. The van der Waals surface area contributed by atoms with E-state index in [2.05, 4.69) is 34.6 Å². The lowest BCUT2D eigenvalue weighted by Gasteiger charge is -2.30. The molecule has 0 aromatic heterocycles. The van der Waals surface area contributed by atoms with Crippen molar-refractivity contribution in [2.45, 2.75) is 54.4 Å². The first kappa shape index (κ1) is 12.7. The zero-order valence-corrected chi connectivity index (χ0v) is 9.98. The minimum atomic E-state index is -0.0949. The van der Waals surface area contributed by atoms with Crippen molar-refractivity contribution < 1.29 is 4.79 Å². The summed E-state index contributed by atoms with van der Waals surface area (Å²) in [6.45, 7) is 12.6. The highest BCUT2D eigenvalue weighted by atomic mass is 16.1. The molecular weight excluding hydrogens is 160 g/mol. The Morgan fingerprint density at radius 2 is 1.38 bits per heavy atom. The molecule has 0 aliphatic carbocycles. The Labute approximate surface area is 82.9 Å². The molecule has 0 N–H and O–H groups in total. The Hall–Kier alpha value is -0.330. The van der Waals surface area contributed by atoms with Gasteiger partial charge in [0.15, 0.2) is 0 Å². The third-order valence-electron chi connectivity index (χ3n) is 2.57. The van der Waals surface area contributed by atoms with Crippen molar-refractivity contribution in [3.05, 3.63) is 0 Å². The Balaban J connectivity index is 4.43. The molecule has 1 nitrogen and oxygen atoms in total. The summed E-state index contributed by atoms with van der Waals surface area (Å²) >= 11 is 0. The molecule has 13 heavy (non-hydrogen) atoms. The number of hydrogen-bond acceptors (Lipinski definition) is 1. The summed E-state index contributed by atoms with van der Waals surface area (Å²) in [6, 6.07) is 0. The van der Waals surface area contributed by atoms with Crippen LogP contribution in [0.5, 0.6) is 0 Å². The van der Waals surface area contributed by atoms with Crippen LogP contribution in [0, 0.1) is 17.3 Å². The van der Waals surface area contributed by atoms with Crippen LogP contribution in [0.4, 0.5) is 0 Å². The number of hydrogen-bond donors (Lipinski definition) is 0. The minimum Gasteiger partial charge on any atom is -0.299 e. The predicted molar refractivity (Wildman–Crippen MR) is 57.7 cm³/mol. The molecule has 0 bridgehead atoms. The van der Waals surface area contributed by atoms with Gasteiger partial charge in [0.1, 0.15) is 5.78 Å². The highest BCUT2D eigenvalue weighted by Crippen LogP contribution is 2.33. The summed E-state index contributed by atoms with van der Waals surface area (Å²) in [6.07, 6.45) is 2.03. The number of carbonyl (C=O) groups is 1. The highest BCUT2D eigenvalue weighted by molar-refractivity contribution is 5.81. The first-order valence-electron chi connectivity index (χ1n) is 5.29. The third kappa shape index (κ3) is 4.44. The van der Waals surface area contributed by atoms with Crippen LogP contribution in [0.2, 0.25) is 0 Å². The SMILES string of the molecule is CC(=O)C(C)(CC(C)C)CC(C)C. The van der Waals surface area contributed by atoms with E-state index in [0.717, 1.165) is 12.8 Å². The van der Waals surface area contributed by atoms with Crippen molar-refractivity contribution >= 4 is 5.78 Å². The number of ketones is 1. The summed E-state index contributed by atoms with van der Waals surface area (Å²) in [5.74, 6) is 1.55. The van der Waals surface area contributed by atoms with E-state index in [1.807, 2.05) is 0 Å². The molecule has 0 spiro atoms. The van der Waals surface area contributed by atoms with Crippen LogP contribution < -0.4 is 0 Å². The van der Waals surface area contributed by atoms with Gasteiger partial charge in [-0.25, -0.2) is 0 Å². The molecule has 0 rings (SSSR count). The molecule has 0 amide bonds. The molecule has 0 radical (unpaired) electrons. The molecule has 78 valence electrons.